The van der Waals surface area contributed by atoms with Crippen LogP contribution in [0.4, 0.5) is 5.69 Å². The van der Waals surface area contributed by atoms with E-state index < -0.39 is 25.1 Å². The van der Waals surface area contributed by atoms with Gasteiger partial charge in [0.15, 0.2) is 9.84 Å². The summed E-state index contributed by atoms with van der Waals surface area (Å²) in [5.41, 5.74) is 0.332. The van der Waals surface area contributed by atoms with Crippen molar-refractivity contribution in [2.24, 2.45) is 0 Å². The van der Waals surface area contributed by atoms with Gasteiger partial charge in [-0.25, -0.2) is 16.8 Å². The number of nitrogens with one attached hydrogen (secondary N) is 1. The number of hydrogen-bond donors (Lipinski definition) is 1. The van der Waals surface area contributed by atoms with Gasteiger partial charge in [0.1, 0.15) is 5.75 Å². The van der Waals surface area contributed by atoms with Crippen LogP contribution in [0, 0.1) is 0 Å². The molecule has 6 nitrogen and oxygen atoms in total. The van der Waals surface area contributed by atoms with Crippen LogP contribution in [0.3, 0.4) is 0 Å². The zero-order valence-corrected chi connectivity index (χ0v) is 12.7. The van der Waals surface area contributed by atoms with Crippen LogP contribution in [0.2, 0.25) is 0 Å². The molecule has 8 heteroatoms. The molecule has 112 valence electrons. The van der Waals surface area contributed by atoms with Crippen LogP contribution in [0.1, 0.15) is 13.3 Å². The summed E-state index contributed by atoms with van der Waals surface area (Å²) in [6.07, 6.45) is 0.133. The zero-order valence-electron chi connectivity index (χ0n) is 11.1. The fourth-order valence-electron chi connectivity index (χ4n) is 2.07. The average Bonchev–Trinajstić information content (AvgIpc) is 2.73. The van der Waals surface area contributed by atoms with E-state index in [9.17, 15) is 16.8 Å². The molecule has 0 aliphatic carbocycles. The van der Waals surface area contributed by atoms with Gasteiger partial charge < -0.3 is 4.74 Å². The Hall–Kier alpha value is -1.28. The van der Waals surface area contributed by atoms with E-state index >= 15 is 0 Å². The maximum absolute atomic E-state index is 12.2. The van der Waals surface area contributed by atoms with E-state index in [1.807, 2.05) is 0 Å². The molecule has 0 radical (unpaired) electrons. The van der Waals surface area contributed by atoms with Crippen LogP contribution >= 0.6 is 0 Å². The number of para-hydroxylation sites is 2. The first-order chi connectivity index (χ1) is 9.34. The van der Waals surface area contributed by atoms with Crippen molar-refractivity contribution < 1.29 is 21.6 Å². The summed E-state index contributed by atoms with van der Waals surface area (Å²) in [7, 11) is -6.98. The monoisotopic (exact) mass is 319 g/mol. The van der Waals surface area contributed by atoms with Gasteiger partial charge in [0.25, 0.3) is 0 Å². The third kappa shape index (κ3) is 3.43. The topological polar surface area (TPSA) is 89.5 Å². The highest BCUT2D eigenvalue weighted by Crippen LogP contribution is 2.27. The third-order valence-corrected chi connectivity index (χ3v) is 6.83. The number of rotatable bonds is 5. The Morgan fingerprint density at radius 1 is 1.35 bits per heavy atom. The van der Waals surface area contributed by atoms with Crippen molar-refractivity contribution in [2.45, 2.75) is 18.6 Å². The van der Waals surface area contributed by atoms with E-state index in [2.05, 4.69) is 4.72 Å². The zero-order chi connectivity index (χ0) is 14.8. The normalized spacial score (nSPS) is 21.6. The van der Waals surface area contributed by atoms with Crippen molar-refractivity contribution >= 4 is 25.5 Å². The first kappa shape index (κ1) is 15.1. The van der Waals surface area contributed by atoms with Gasteiger partial charge in [0.05, 0.1) is 29.0 Å². The van der Waals surface area contributed by atoms with E-state index in [1.165, 1.54) is 0 Å². The lowest BCUT2D eigenvalue weighted by atomic mass is 10.3. The number of benzene rings is 1. The fourth-order valence-corrected chi connectivity index (χ4v) is 6.18. The van der Waals surface area contributed by atoms with Gasteiger partial charge in [-0.3, -0.25) is 4.72 Å². The Balaban J connectivity index is 2.21. The molecule has 0 spiro atoms. The van der Waals surface area contributed by atoms with Gasteiger partial charge in [0, 0.05) is 0 Å². The summed E-state index contributed by atoms with van der Waals surface area (Å²) in [4.78, 5) is 0. The van der Waals surface area contributed by atoms with Crippen molar-refractivity contribution in [3.8, 4) is 5.75 Å². The number of ether oxygens (including phenoxy) is 1. The third-order valence-electron chi connectivity index (χ3n) is 3.07. The van der Waals surface area contributed by atoms with Crippen LogP contribution in [-0.4, -0.2) is 40.2 Å². The van der Waals surface area contributed by atoms with Crippen LogP contribution in [0.25, 0.3) is 0 Å². The Labute approximate surface area is 119 Å². The van der Waals surface area contributed by atoms with Gasteiger partial charge in [0.2, 0.25) is 10.0 Å². The van der Waals surface area contributed by atoms with Gasteiger partial charge in [-0.1, -0.05) is 12.1 Å². The number of sulfonamides is 1. The van der Waals surface area contributed by atoms with E-state index in [4.69, 9.17) is 4.74 Å². The minimum atomic E-state index is -3.73. The molecule has 1 saturated heterocycles. The lowest BCUT2D eigenvalue weighted by molar-refractivity contribution is 0.342. The van der Waals surface area contributed by atoms with Crippen LogP contribution < -0.4 is 9.46 Å². The summed E-state index contributed by atoms with van der Waals surface area (Å²) >= 11 is 0. The van der Waals surface area contributed by atoms with Crippen molar-refractivity contribution in [3.63, 3.8) is 0 Å². The van der Waals surface area contributed by atoms with Crippen LogP contribution in [0.5, 0.6) is 5.75 Å². The average molecular weight is 319 g/mol. The molecule has 0 bridgehead atoms. The van der Waals surface area contributed by atoms with E-state index in [-0.39, 0.29) is 17.9 Å². The molecular weight excluding hydrogens is 302 g/mol. The molecule has 0 amide bonds. The second kappa shape index (κ2) is 5.61. The van der Waals surface area contributed by atoms with Crippen molar-refractivity contribution in [1.82, 2.24) is 0 Å². The first-order valence-corrected chi connectivity index (χ1v) is 9.65. The maximum atomic E-state index is 12.2. The lowest BCUT2D eigenvalue weighted by Gasteiger charge is -2.15. The second-order valence-electron chi connectivity index (χ2n) is 4.60. The smallest absolute Gasteiger partial charge is 0.236 e. The molecule has 1 aromatic rings. The SMILES string of the molecule is CCOc1ccccc1NS(=O)(=O)[C@@H]1CCS(=O)(=O)C1. The van der Waals surface area contributed by atoms with Crippen LogP contribution in [0.15, 0.2) is 24.3 Å². The largest absolute Gasteiger partial charge is 0.492 e. The Kier molecular flexibility index (Phi) is 4.24. The summed E-state index contributed by atoms with van der Waals surface area (Å²) in [6.45, 7) is 2.21. The molecule has 1 aliphatic heterocycles. The Morgan fingerprint density at radius 2 is 2.05 bits per heavy atom. The molecular formula is C12H17NO5S2. The molecule has 1 N–H and O–H groups in total. The van der Waals surface area contributed by atoms with Gasteiger partial charge in [-0.05, 0) is 25.5 Å². The molecule has 1 aromatic carbocycles. The molecule has 1 atom stereocenters. The summed E-state index contributed by atoms with van der Waals surface area (Å²) in [5.74, 6) is 0.0320. The van der Waals surface area contributed by atoms with Crippen molar-refractivity contribution in [1.29, 1.82) is 0 Å². The predicted octanol–water partition coefficient (Wildman–Crippen LogP) is 1.01. The van der Waals surface area contributed by atoms with E-state index in [0.717, 1.165) is 0 Å². The summed E-state index contributed by atoms with van der Waals surface area (Å²) in [5, 5.41) is -0.901. The standard InChI is InChI=1S/C12H17NO5S2/c1-2-18-12-6-4-3-5-11(12)13-20(16,17)10-7-8-19(14,15)9-10/h3-6,10,13H,2,7-9H2,1H3/t10-/m1/s1. The van der Waals surface area contributed by atoms with Gasteiger partial charge in [-0.15, -0.1) is 0 Å². The molecule has 1 heterocycles. The molecule has 2 rings (SSSR count). The van der Waals surface area contributed by atoms with E-state index in [1.54, 1.807) is 31.2 Å². The molecule has 0 saturated carbocycles. The van der Waals surface area contributed by atoms with Crippen molar-refractivity contribution in [2.75, 3.05) is 22.8 Å². The lowest BCUT2D eigenvalue weighted by Crippen LogP contribution is -2.29. The highest BCUT2D eigenvalue weighted by atomic mass is 32.2. The first-order valence-electron chi connectivity index (χ1n) is 6.28. The van der Waals surface area contributed by atoms with Crippen LogP contribution in [-0.2, 0) is 19.9 Å². The van der Waals surface area contributed by atoms with E-state index in [0.29, 0.717) is 18.0 Å². The molecule has 20 heavy (non-hydrogen) atoms. The number of hydrogen-bond acceptors (Lipinski definition) is 5. The summed E-state index contributed by atoms with van der Waals surface area (Å²) < 4.78 is 55.0. The highest BCUT2D eigenvalue weighted by molar-refractivity contribution is 7.97. The second-order valence-corrected chi connectivity index (χ2v) is 8.79. The fraction of sp³-hybridized carbons (Fsp3) is 0.500. The quantitative estimate of drug-likeness (QED) is 0.875. The number of sulfone groups is 1. The minimum Gasteiger partial charge on any atom is -0.492 e. The van der Waals surface area contributed by atoms with Gasteiger partial charge >= 0.3 is 0 Å². The Morgan fingerprint density at radius 3 is 2.65 bits per heavy atom. The molecule has 0 aromatic heterocycles. The molecule has 1 aliphatic rings. The number of anilines is 1. The highest BCUT2D eigenvalue weighted by Gasteiger charge is 2.37. The maximum Gasteiger partial charge on any atom is 0.236 e. The van der Waals surface area contributed by atoms with Gasteiger partial charge in [-0.2, -0.15) is 0 Å². The summed E-state index contributed by atoms with van der Waals surface area (Å²) in [6, 6.07) is 6.67. The molecule has 0 unspecified atom stereocenters. The van der Waals surface area contributed by atoms with Crippen molar-refractivity contribution in [3.05, 3.63) is 24.3 Å². The molecule has 1 fully saturated rings. The predicted molar refractivity (Wildman–Crippen MR) is 77.2 cm³/mol. The Bertz CT molecular complexity index is 682. The minimum absolute atomic E-state index is 0.0777.